The Bertz CT molecular complexity index is 970. The lowest BCUT2D eigenvalue weighted by molar-refractivity contribution is -0.125. The van der Waals surface area contributed by atoms with Gasteiger partial charge in [-0.05, 0) is 25.0 Å². The molecule has 290 valence electrons. The molecular weight excluding hydrogens is 656 g/mol. The number of aliphatic hydroxyl groups excluding tert-OH is 1. The SMILES string of the molecule is CCC.CNC(=O)CCC(C=O)N(C)C=O.COCCN.Cc1cccc(OCC(=O)NCCOCCOCCOCCOCCO)c1C=O. The Morgan fingerprint density at radius 2 is 1.48 bits per heavy atom. The lowest BCUT2D eigenvalue weighted by Gasteiger charge is -2.17. The molecule has 0 fully saturated rings. The van der Waals surface area contributed by atoms with Crippen LogP contribution in [0.3, 0.4) is 0 Å². The van der Waals surface area contributed by atoms with Crippen LogP contribution in [0, 0.1) is 6.92 Å². The Morgan fingerprint density at radius 1 is 0.920 bits per heavy atom. The van der Waals surface area contributed by atoms with E-state index in [1.54, 1.807) is 32.2 Å². The van der Waals surface area contributed by atoms with Crippen LogP contribution in [0.2, 0.25) is 0 Å². The van der Waals surface area contributed by atoms with E-state index in [2.05, 4.69) is 29.2 Å². The van der Waals surface area contributed by atoms with Gasteiger partial charge in [-0.1, -0.05) is 32.4 Å². The number of ether oxygens (including phenoxy) is 6. The van der Waals surface area contributed by atoms with Crippen LogP contribution in [0.25, 0.3) is 0 Å². The van der Waals surface area contributed by atoms with Crippen LogP contribution in [0.5, 0.6) is 5.75 Å². The molecule has 0 aliphatic rings. The summed E-state index contributed by atoms with van der Waals surface area (Å²) >= 11 is 0. The Labute approximate surface area is 297 Å². The molecule has 0 bridgehead atoms. The molecule has 0 radical (unpaired) electrons. The standard InChI is InChI=1S/C20H31NO8.C8H14N2O3.C3H9NO.C3H8/c1-17-3-2-4-19(18(17)15-23)29-16-20(24)21-5-7-25-9-11-27-13-14-28-12-10-26-8-6-22;1-9-8(13)4-3-7(5-11)10(2)6-12;1-5-3-2-4;1-3-2/h2-4,15,22H,5-14,16H2,1H3,(H,21,24);5-7H,3-4H2,1-2H3,(H,9,13);2-4H2,1H3;3H2,1-2H3. The molecule has 50 heavy (non-hydrogen) atoms. The van der Waals surface area contributed by atoms with E-state index in [1.165, 1.54) is 25.4 Å². The number of benzene rings is 1. The molecule has 0 saturated heterocycles. The van der Waals surface area contributed by atoms with E-state index < -0.39 is 6.04 Å². The summed E-state index contributed by atoms with van der Waals surface area (Å²) in [5.74, 6) is -0.0281. The fraction of sp³-hybridized carbons (Fsp3) is 0.676. The molecule has 1 aromatic carbocycles. The molecule has 1 rings (SSSR count). The predicted molar refractivity (Wildman–Crippen MR) is 189 cm³/mol. The molecule has 3 amide bonds. The van der Waals surface area contributed by atoms with Gasteiger partial charge in [0.2, 0.25) is 12.3 Å². The first-order chi connectivity index (χ1) is 24.2. The number of aliphatic hydroxyl groups is 1. The van der Waals surface area contributed by atoms with Gasteiger partial charge in [0.1, 0.15) is 12.0 Å². The van der Waals surface area contributed by atoms with Crippen molar-refractivity contribution in [2.45, 2.75) is 46.1 Å². The number of amides is 3. The highest BCUT2D eigenvalue weighted by atomic mass is 16.6. The molecule has 16 heteroatoms. The van der Waals surface area contributed by atoms with Gasteiger partial charge in [0.15, 0.2) is 12.9 Å². The molecule has 0 aliphatic carbocycles. The van der Waals surface area contributed by atoms with Crippen molar-refractivity contribution >= 4 is 30.8 Å². The fourth-order valence-corrected chi connectivity index (χ4v) is 3.18. The van der Waals surface area contributed by atoms with Crippen molar-refractivity contribution in [1.29, 1.82) is 0 Å². The third kappa shape index (κ3) is 33.0. The quantitative estimate of drug-likeness (QED) is 0.0761. The third-order valence-corrected chi connectivity index (χ3v) is 5.80. The highest BCUT2D eigenvalue weighted by Gasteiger charge is 2.13. The Hall–Kier alpha value is -3.51. The van der Waals surface area contributed by atoms with Gasteiger partial charge in [0.05, 0.1) is 77.7 Å². The minimum absolute atomic E-state index is 0.0101. The summed E-state index contributed by atoms with van der Waals surface area (Å²) in [5, 5.41) is 13.6. The zero-order valence-corrected chi connectivity index (χ0v) is 30.8. The normalized spacial score (nSPS) is 10.4. The number of hydrogen-bond acceptors (Lipinski definition) is 13. The van der Waals surface area contributed by atoms with Crippen molar-refractivity contribution in [2.75, 3.05) is 107 Å². The third-order valence-electron chi connectivity index (χ3n) is 5.80. The molecule has 0 heterocycles. The number of carbonyl (C=O) groups excluding carboxylic acids is 5. The second-order valence-corrected chi connectivity index (χ2v) is 10.1. The van der Waals surface area contributed by atoms with Crippen LogP contribution in [0.15, 0.2) is 18.2 Å². The van der Waals surface area contributed by atoms with Crippen LogP contribution in [-0.2, 0) is 42.9 Å². The van der Waals surface area contributed by atoms with E-state index in [-0.39, 0.29) is 31.4 Å². The first-order valence-corrected chi connectivity index (χ1v) is 16.6. The molecule has 1 unspecified atom stereocenters. The number of hydrogen-bond donors (Lipinski definition) is 4. The second kappa shape index (κ2) is 39.9. The maximum absolute atomic E-state index is 11.8. The van der Waals surface area contributed by atoms with Gasteiger partial charge in [0, 0.05) is 40.7 Å². The van der Waals surface area contributed by atoms with E-state index in [9.17, 15) is 24.0 Å². The summed E-state index contributed by atoms with van der Waals surface area (Å²) in [5.41, 5.74) is 6.26. The summed E-state index contributed by atoms with van der Waals surface area (Å²) in [6.07, 6.45) is 3.81. The number of methoxy groups -OCH3 is 1. The smallest absolute Gasteiger partial charge is 0.258 e. The van der Waals surface area contributed by atoms with Crippen LogP contribution in [-0.4, -0.2) is 154 Å². The fourth-order valence-electron chi connectivity index (χ4n) is 3.18. The van der Waals surface area contributed by atoms with Gasteiger partial charge in [-0.3, -0.25) is 19.2 Å². The molecule has 5 N–H and O–H groups in total. The maximum Gasteiger partial charge on any atom is 0.258 e. The van der Waals surface area contributed by atoms with Gasteiger partial charge in [0.25, 0.3) is 5.91 Å². The van der Waals surface area contributed by atoms with Gasteiger partial charge in [-0.25, -0.2) is 0 Å². The number of aldehydes is 2. The van der Waals surface area contributed by atoms with Crippen LogP contribution < -0.4 is 21.1 Å². The largest absolute Gasteiger partial charge is 0.483 e. The number of aryl methyl sites for hydroxylation is 1. The van der Waals surface area contributed by atoms with Crippen LogP contribution in [0.1, 0.15) is 49.0 Å². The summed E-state index contributed by atoms with van der Waals surface area (Å²) in [6.45, 7) is 10.9. The lowest BCUT2D eigenvalue weighted by atomic mass is 10.1. The molecule has 16 nitrogen and oxygen atoms in total. The zero-order chi connectivity index (χ0) is 38.3. The second-order valence-electron chi connectivity index (χ2n) is 10.1. The summed E-state index contributed by atoms with van der Waals surface area (Å²) in [7, 11) is 4.67. The van der Waals surface area contributed by atoms with E-state index >= 15 is 0 Å². The molecule has 0 spiro atoms. The van der Waals surface area contributed by atoms with Crippen LogP contribution >= 0.6 is 0 Å². The van der Waals surface area contributed by atoms with E-state index in [1.807, 2.05) is 0 Å². The summed E-state index contributed by atoms with van der Waals surface area (Å²) in [6, 6.07) is 4.73. The van der Waals surface area contributed by atoms with Gasteiger partial charge in [-0.2, -0.15) is 0 Å². The number of nitrogens with two attached hydrogens (primary N) is 1. The van der Waals surface area contributed by atoms with Gasteiger partial charge < -0.3 is 59.6 Å². The Kier molecular flexibility index (Phi) is 40.6. The monoisotopic (exact) mass is 718 g/mol. The van der Waals surface area contributed by atoms with Crippen molar-refractivity contribution in [2.24, 2.45) is 5.73 Å². The topological polar surface area (TPSA) is 214 Å². The van der Waals surface area contributed by atoms with Crippen molar-refractivity contribution in [3.63, 3.8) is 0 Å². The molecule has 0 saturated carbocycles. The van der Waals surface area contributed by atoms with Gasteiger partial charge in [-0.15, -0.1) is 0 Å². The predicted octanol–water partition coefficient (Wildman–Crippen LogP) is 0.537. The highest BCUT2D eigenvalue weighted by molar-refractivity contribution is 5.82. The van der Waals surface area contributed by atoms with E-state index in [4.69, 9.17) is 34.5 Å². The van der Waals surface area contributed by atoms with E-state index in [0.29, 0.717) is 103 Å². The molecule has 1 atom stereocenters. The molecule has 1 aromatic rings. The minimum Gasteiger partial charge on any atom is -0.483 e. The van der Waals surface area contributed by atoms with Crippen LogP contribution in [0.4, 0.5) is 0 Å². The number of nitrogens with one attached hydrogen (secondary N) is 2. The average Bonchev–Trinajstić information content (AvgIpc) is 3.12. The minimum atomic E-state index is -0.505. The summed E-state index contributed by atoms with van der Waals surface area (Å²) in [4.78, 5) is 55.7. The Morgan fingerprint density at radius 3 is 1.92 bits per heavy atom. The number of rotatable bonds is 26. The zero-order valence-electron chi connectivity index (χ0n) is 30.8. The maximum atomic E-state index is 11.8. The van der Waals surface area contributed by atoms with Crippen molar-refractivity contribution in [3.8, 4) is 5.75 Å². The molecular formula is C34H62N4O12. The highest BCUT2D eigenvalue weighted by Crippen LogP contribution is 2.19. The average molecular weight is 719 g/mol. The molecule has 0 aliphatic heterocycles. The number of nitrogens with zero attached hydrogens (tertiary/aromatic N) is 1. The van der Waals surface area contributed by atoms with Gasteiger partial charge >= 0.3 is 0 Å². The first kappa shape index (κ1) is 50.9. The van der Waals surface area contributed by atoms with Crippen molar-refractivity contribution < 1.29 is 57.5 Å². The molecule has 0 aromatic heterocycles. The van der Waals surface area contributed by atoms with E-state index in [0.717, 1.165) is 11.8 Å². The van der Waals surface area contributed by atoms with Crippen molar-refractivity contribution in [3.05, 3.63) is 29.3 Å². The number of likely N-dealkylation sites (N-methyl/N-ethyl adjacent to an activating group) is 1. The van der Waals surface area contributed by atoms with Crippen molar-refractivity contribution in [1.82, 2.24) is 15.5 Å². The first-order valence-electron chi connectivity index (χ1n) is 16.6. The summed E-state index contributed by atoms with van der Waals surface area (Å²) < 4.78 is 31.0. The lowest BCUT2D eigenvalue weighted by Crippen LogP contribution is -2.33. The Balaban J connectivity index is -0.000000863. The number of carbonyl (C=O) groups is 5.